The fourth-order valence-electron chi connectivity index (χ4n) is 1.76. The first kappa shape index (κ1) is 11.1. The van der Waals surface area contributed by atoms with Crippen LogP contribution in [0.15, 0.2) is 27.0 Å². The SMILES string of the molecule is Cc1cc(O)c2c(c1)Sc1nnc(C)c(=O)n1N2. The van der Waals surface area contributed by atoms with E-state index in [1.807, 2.05) is 13.0 Å². The van der Waals surface area contributed by atoms with Gasteiger partial charge in [0.05, 0.1) is 0 Å². The van der Waals surface area contributed by atoms with Gasteiger partial charge in [-0.05, 0) is 43.3 Å². The molecule has 2 heterocycles. The molecule has 6 nitrogen and oxygen atoms in total. The second kappa shape index (κ2) is 3.74. The molecule has 3 rings (SSSR count). The highest BCUT2D eigenvalue weighted by Gasteiger charge is 2.22. The number of phenolic OH excluding ortho intramolecular Hbond substituents is 1. The van der Waals surface area contributed by atoms with Gasteiger partial charge in [-0.2, -0.15) is 4.68 Å². The summed E-state index contributed by atoms with van der Waals surface area (Å²) < 4.78 is 1.30. The molecule has 0 unspecified atom stereocenters. The van der Waals surface area contributed by atoms with Gasteiger partial charge in [0.15, 0.2) is 0 Å². The molecule has 0 amide bonds. The summed E-state index contributed by atoms with van der Waals surface area (Å²) in [5, 5.41) is 18.1. The Balaban J connectivity index is 2.21. The highest BCUT2D eigenvalue weighted by atomic mass is 32.2. The summed E-state index contributed by atoms with van der Waals surface area (Å²) in [6, 6.07) is 3.56. The van der Waals surface area contributed by atoms with Crippen LogP contribution in [0.2, 0.25) is 0 Å². The molecule has 7 heteroatoms. The number of fused-ring (bicyclic) bond motifs is 2. The summed E-state index contributed by atoms with van der Waals surface area (Å²) in [6.07, 6.45) is 0. The van der Waals surface area contributed by atoms with E-state index in [9.17, 15) is 9.90 Å². The number of nitrogens with zero attached hydrogens (tertiary/aromatic N) is 3. The summed E-state index contributed by atoms with van der Waals surface area (Å²) in [7, 11) is 0. The molecule has 1 aromatic carbocycles. The number of hydrogen-bond donors (Lipinski definition) is 2. The molecule has 0 aliphatic carbocycles. The zero-order valence-electron chi connectivity index (χ0n) is 9.76. The minimum absolute atomic E-state index is 0.115. The van der Waals surface area contributed by atoms with Crippen LogP contribution in [0.25, 0.3) is 0 Å². The maximum atomic E-state index is 11.9. The fraction of sp³-hybridized carbons (Fsp3) is 0.182. The smallest absolute Gasteiger partial charge is 0.294 e. The Bertz CT molecular complexity index is 711. The van der Waals surface area contributed by atoms with Gasteiger partial charge < -0.3 is 5.11 Å². The van der Waals surface area contributed by atoms with E-state index < -0.39 is 0 Å². The molecular formula is C11H10N4O2S. The fourth-order valence-corrected chi connectivity index (χ4v) is 2.75. The van der Waals surface area contributed by atoms with Crippen molar-refractivity contribution in [3.05, 3.63) is 33.7 Å². The number of aryl methyl sites for hydroxylation is 2. The summed E-state index contributed by atoms with van der Waals surface area (Å²) in [5.74, 6) is 0.115. The summed E-state index contributed by atoms with van der Waals surface area (Å²) in [4.78, 5) is 12.7. The lowest BCUT2D eigenvalue weighted by molar-refractivity contribution is 0.473. The molecule has 0 saturated heterocycles. The molecule has 1 aliphatic heterocycles. The van der Waals surface area contributed by atoms with Crippen LogP contribution >= 0.6 is 11.8 Å². The first-order chi connectivity index (χ1) is 8.56. The molecule has 18 heavy (non-hydrogen) atoms. The van der Waals surface area contributed by atoms with Crippen molar-refractivity contribution in [2.24, 2.45) is 0 Å². The van der Waals surface area contributed by atoms with Gasteiger partial charge in [-0.25, -0.2) is 0 Å². The molecule has 0 bridgehead atoms. The minimum atomic E-state index is -0.266. The Kier molecular flexibility index (Phi) is 2.30. The van der Waals surface area contributed by atoms with Gasteiger partial charge in [0.2, 0.25) is 5.16 Å². The van der Waals surface area contributed by atoms with Gasteiger partial charge in [-0.1, -0.05) is 0 Å². The normalized spacial score (nSPS) is 12.6. The van der Waals surface area contributed by atoms with Crippen LogP contribution in [-0.4, -0.2) is 20.0 Å². The number of nitrogens with one attached hydrogen (secondary N) is 1. The lowest BCUT2D eigenvalue weighted by Gasteiger charge is -2.22. The van der Waals surface area contributed by atoms with E-state index in [0.717, 1.165) is 10.5 Å². The van der Waals surface area contributed by atoms with E-state index in [2.05, 4.69) is 15.6 Å². The van der Waals surface area contributed by atoms with Crippen LogP contribution in [0.1, 0.15) is 11.3 Å². The van der Waals surface area contributed by atoms with Gasteiger partial charge >= 0.3 is 0 Å². The molecule has 0 atom stereocenters. The first-order valence-electron chi connectivity index (χ1n) is 5.31. The van der Waals surface area contributed by atoms with Crippen molar-refractivity contribution in [3.63, 3.8) is 0 Å². The van der Waals surface area contributed by atoms with E-state index in [0.29, 0.717) is 16.5 Å². The Morgan fingerprint density at radius 1 is 1.33 bits per heavy atom. The number of anilines is 1. The third kappa shape index (κ3) is 1.55. The van der Waals surface area contributed by atoms with Crippen molar-refractivity contribution in [1.82, 2.24) is 14.9 Å². The molecule has 0 saturated carbocycles. The monoisotopic (exact) mass is 262 g/mol. The number of rotatable bonds is 0. The molecule has 1 aromatic heterocycles. The maximum Gasteiger partial charge on any atom is 0.294 e. The minimum Gasteiger partial charge on any atom is -0.506 e. The second-order valence-corrected chi connectivity index (χ2v) is 5.09. The van der Waals surface area contributed by atoms with Crippen molar-refractivity contribution in [3.8, 4) is 5.75 Å². The van der Waals surface area contributed by atoms with E-state index in [-0.39, 0.29) is 11.3 Å². The Morgan fingerprint density at radius 2 is 2.11 bits per heavy atom. The van der Waals surface area contributed by atoms with Crippen LogP contribution in [0.4, 0.5) is 5.69 Å². The number of hydrogen-bond acceptors (Lipinski definition) is 6. The molecule has 1 aliphatic rings. The maximum absolute atomic E-state index is 11.9. The van der Waals surface area contributed by atoms with Crippen LogP contribution in [0, 0.1) is 13.8 Å². The van der Waals surface area contributed by atoms with E-state index in [4.69, 9.17) is 0 Å². The Labute approximate surface area is 107 Å². The lowest BCUT2D eigenvalue weighted by atomic mass is 10.2. The van der Waals surface area contributed by atoms with Gasteiger partial charge in [0.1, 0.15) is 17.1 Å². The lowest BCUT2D eigenvalue weighted by Crippen LogP contribution is -2.33. The van der Waals surface area contributed by atoms with Crippen LogP contribution in [-0.2, 0) is 0 Å². The summed E-state index contributed by atoms with van der Waals surface area (Å²) >= 11 is 1.30. The van der Waals surface area contributed by atoms with Crippen LogP contribution < -0.4 is 11.0 Å². The Morgan fingerprint density at radius 3 is 2.89 bits per heavy atom. The van der Waals surface area contributed by atoms with Crippen molar-refractivity contribution in [2.45, 2.75) is 23.9 Å². The number of aromatic hydroxyl groups is 1. The molecule has 0 fully saturated rings. The standard InChI is InChI=1S/C11H10N4O2S/c1-5-3-7(16)9-8(4-5)18-11-13-12-6(2)10(17)15(11)14-9/h3-4,14,16H,1-2H3. The summed E-state index contributed by atoms with van der Waals surface area (Å²) in [5.41, 5.74) is 4.38. The van der Waals surface area contributed by atoms with Crippen LogP contribution in [0.5, 0.6) is 5.75 Å². The Hall–Kier alpha value is -2.02. The predicted molar refractivity (Wildman–Crippen MR) is 67.0 cm³/mol. The first-order valence-corrected chi connectivity index (χ1v) is 6.13. The topological polar surface area (TPSA) is 80.0 Å². The van der Waals surface area contributed by atoms with Gasteiger partial charge in [-0.3, -0.25) is 10.2 Å². The highest BCUT2D eigenvalue weighted by molar-refractivity contribution is 7.99. The zero-order valence-corrected chi connectivity index (χ0v) is 10.6. The van der Waals surface area contributed by atoms with Crippen molar-refractivity contribution >= 4 is 17.4 Å². The van der Waals surface area contributed by atoms with E-state index in [1.54, 1.807) is 13.0 Å². The zero-order chi connectivity index (χ0) is 12.9. The molecule has 92 valence electrons. The van der Waals surface area contributed by atoms with Crippen molar-refractivity contribution in [2.75, 3.05) is 5.43 Å². The van der Waals surface area contributed by atoms with E-state index in [1.165, 1.54) is 16.4 Å². The quantitative estimate of drug-likeness (QED) is 0.594. The molecule has 0 radical (unpaired) electrons. The van der Waals surface area contributed by atoms with Crippen LogP contribution in [0.3, 0.4) is 0 Å². The van der Waals surface area contributed by atoms with Crippen molar-refractivity contribution < 1.29 is 5.11 Å². The van der Waals surface area contributed by atoms with Gasteiger partial charge in [0.25, 0.3) is 5.56 Å². The largest absolute Gasteiger partial charge is 0.506 e. The van der Waals surface area contributed by atoms with Crippen molar-refractivity contribution in [1.29, 1.82) is 0 Å². The average molecular weight is 262 g/mol. The summed E-state index contributed by atoms with van der Waals surface area (Å²) in [6.45, 7) is 3.49. The number of phenols is 1. The van der Waals surface area contributed by atoms with Gasteiger partial charge in [0, 0.05) is 4.90 Å². The molecular weight excluding hydrogens is 252 g/mol. The predicted octanol–water partition coefficient (Wildman–Crippen LogP) is 1.30. The molecule has 2 aromatic rings. The molecule has 2 N–H and O–H groups in total. The highest BCUT2D eigenvalue weighted by Crippen LogP contribution is 2.41. The second-order valence-electron chi connectivity index (χ2n) is 4.08. The number of benzene rings is 1. The third-order valence-electron chi connectivity index (χ3n) is 2.64. The number of aromatic nitrogens is 3. The third-order valence-corrected chi connectivity index (χ3v) is 3.63. The molecule has 0 spiro atoms. The average Bonchev–Trinajstić information content (AvgIpc) is 2.32. The van der Waals surface area contributed by atoms with E-state index >= 15 is 0 Å². The van der Waals surface area contributed by atoms with Gasteiger partial charge in [-0.15, -0.1) is 10.2 Å².